The first kappa shape index (κ1) is 12.1. The number of hydrogen-bond acceptors (Lipinski definition) is 2. The summed E-state index contributed by atoms with van der Waals surface area (Å²) in [4.78, 5) is 2.30. The van der Waals surface area contributed by atoms with Crippen LogP contribution < -0.4 is 0 Å². The van der Waals surface area contributed by atoms with E-state index in [4.69, 9.17) is 5.26 Å². The molecular formula is C14H17FN2. The van der Waals surface area contributed by atoms with Crippen LogP contribution in [0.1, 0.15) is 37.8 Å². The van der Waals surface area contributed by atoms with Gasteiger partial charge in [-0.05, 0) is 45.4 Å². The largest absolute Gasteiger partial charge is 0.294 e. The molecule has 0 bridgehead atoms. The van der Waals surface area contributed by atoms with Gasteiger partial charge in [0.05, 0.1) is 11.6 Å². The Bertz CT molecular complexity index is 460. The van der Waals surface area contributed by atoms with Crippen molar-refractivity contribution in [2.45, 2.75) is 38.8 Å². The maximum absolute atomic E-state index is 13.8. The molecule has 1 aromatic carbocycles. The number of nitrogens with zero attached hydrogens (tertiary/aromatic N) is 2. The van der Waals surface area contributed by atoms with Gasteiger partial charge in [-0.3, -0.25) is 4.90 Å². The molecule has 0 atom stereocenters. The number of benzene rings is 1. The fraction of sp³-hybridized carbons (Fsp3) is 0.500. The van der Waals surface area contributed by atoms with Crippen molar-refractivity contribution in [3.8, 4) is 6.07 Å². The Hall–Kier alpha value is -1.40. The Labute approximate surface area is 102 Å². The van der Waals surface area contributed by atoms with Crippen LogP contribution in [0.5, 0.6) is 0 Å². The summed E-state index contributed by atoms with van der Waals surface area (Å²) < 4.78 is 13.8. The number of halogens is 1. The molecule has 0 N–H and O–H groups in total. The normalized spacial score (nSPS) is 19.2. The first-order chi connectivity index (χ1) is 8.03. The molecule has 2 nitrogen and oxygen atoms in total. The number of hydrogen-bond donors (Lipinski definition) is 0. The lowest BCUT2D eigenvalue weighted by Crippen LogP contribution is -2.37. The fourth-order valence-electron chi connectivity index (χ4n) is 2.41. The van der Waals surface area contributed by atoms with Crippen molar-refractivity contribution < 1.29 is 4.39 Å². The fourth-order valence-corrected chi connectivity index (χ4v) is 2.41. The summed E-state index contributed by atoms with van der Waals surface area (Å²) in [6.45, 7) is 6.04. The van der Waals surface area contributed by atoms with Gasteiger partial charge in [-0.15, -0.1) is 0 Å². The van der Waals surface area contributed by atoms with Crippen LogP contribution in [0.25, 0.3) is 0 Å². The van der Waals surface area contributed by atoms with E-state index in [0.717, 1.165) is 13.0 Å². The molecule has 2 rings (SSSR count). The van der Waals surface area contributed by atoms with Crippen LogP contribution in [0, 0.1) is 17.1 Å². The van der Waals surface area contributed by atoms with E-state index in [9.17, 15) is 4.39 Å². The zero-order valence-electron chi connectivity index (χ0n) is 10.3. The maximum atomic E-state index is 13.8. The first-order valence-electron chi connectivity index (χ1n) is 5.96. The number of rotatable bonds is 2. The van der Waals surface area contributed by atoms with Gasteiger partial charge >= 0.3 is 0 Å². The molecule has 0 radical (unpaired) electrons. The molecule has 0 aromatic heterocycles. The third kappa shape index (κ3) is 2.48. The van der Waals surface area contributed by atoms with E-state index in [1.54, 1.807) is 12.1 Å². The molecule has 0 spiro atoms. The second-order valence-corrected chi connectivity index (χ2v) is 5.26. The van der Waals surface area contributed by atoms with Crippen molar-refractivity contribution >= 4 is 0 Å². The number of nitriles is 1. The quantitative estimate of drug-likeness (QED) is 0.783. The highest BCUT2D eigenvalue weighted by Gasteiger charge is 2.31. The average molecular weight is 232 g/mol. The van der Waals surface area contributed by atoms with E-state index >= 15 is 0 Å². The van der Waals surface area contributed by atoms with Crippen molar-refractivity contribution in [3.63, 3.8) is 0 Å². The minimum Gasteiger partial charge on any atom is -0.294 e. The van der Waals surface area contributed by atoms with E-state index in [2.05, 4.69) is 18.7 Å². The summed E-state index contributed by atoms with van der Waals surface area (Å²) in [5, 5.41) is 8.69. The molecule has 1 fully saturated rings. The van der Waals surface area contributed by atoms with Gasteiger partial charge in [0.25, 0.3) is 0 Å². The van der Waals surface area contributed by atoms with E-state index in [1.165, 1.54) is 12.5 Å². The molecule has 0 saturated carbocycles. The lowest BCUT2D eigenvalue weighted by atomic mass is 10.0. The van der Waals surface area contributed by atoms with Crippen LogP contribution in [0.4, 0.5) is 4.39 Å². The van der Waals surface area contributed by atoms with Crippen molar-refractivity contribution in [1.82, 2.24) is 4.90 Å². The van der Waals surface area contributed by atoms with Gasteiger partial charge in [0.15, 0.2) is 0 Å². The van der Waals surface area contributed by atoms with Crippen molar-refractivity contribution in [3.05, 3.63) is 35.1 Å². The molecule has 1 saturated heterocycles. The predicted molar refractivity (Wildman–Crippen MR) is 64.8 cm³/mol. The van der Waals surface area contributed by atoms with E-state index in [0.29, 0.717) is 17.7 Å². The second-order valence-electron chi connectivity index (χ2n) is 5.26. The van der Waals surface area contributed by atoms with Gasteiger partial charge in [0.1, 0.15) is 5.82 Å². The molecule has 1 heterocycles. The average Bonchev–Trinajstić information content (AvgIpc) is 2.61. The molecule has 1 aromatic rings. The summed E-state index contributed by atoms with van der Waals surface area (Å²) in [5.41, 5.74) is 1.21. The third-order valence-corrected chi connectivity index (χ3v) is 3.62. The van der Waals surface area contributed by atoms with Crippen LogP contribution in [-0.4, -0.2) is 17.0 Å². The van der Waals surface area contributed by atoms with E-state index in [1.807, 2.05) is 6.07 Å². The summed E-state index contributed by atoms with van der Waals surface area (Å²) in [5.74, 6) is -0.272. The molecule has 0 amide bonds. The van der Waals surface area contributed by atoms with E-state index < -0.39 is 0 Å². The first-order valence-corrected chi connectivity index (χ1v) is 5.96. The molecule has 1 aliphatic rings. The third-order valence-electron chi connectivity index (χ3n) is 3.62. The molecule has 3 heteroatoms. The molecule has 0 unspecified atom stereocenters. The van der Waals surface area contributed by atoms with Crippen molar-refractivity contribution in [2.24, 2.45) is 0 Å². The summed E-state index contributed by atoms with van der Waals surface area (Å²) in [6, 6.07) is 6.68. The highest BCUT2D eigenvalue weighted by Crippen LogP contribution is 2.30. The van der Waals surface area contributed by atoms with Crippen molar-refractivity contribution in [1.29, 1.82) is 5.26 Å². The smallest absolute Gasteiger partial charge is 0.129 e. The Kier molecular flexibility index (Phi) is 3.17. The maximum Gasteiger partial charge on any atom is 0.129 e. The topological polar surface area (TPSA) is 27.0 Å². The second kappa shape index (κ2) is 4.46. The highest BCUT2D eigenvalue weighted by molar-refractivity contribution is 5.32. The Morgan fingerprint density at radius 3 is 2.76 bits per heavy atom. The molecule has 17 heavy (non-hydrogen) atoms. The van der Waals surface area contributed by atoms with Crippen LogP contribution in [0.2, 0.25) is 0 Å². The standard InChI is InChI=1S/C14H17FN2/c1-14(2)6-3-7-17(14)10-12-5-4-11(9-16)8-13(12)15/h4-5,8H,3,6-7,10H2,1-2H3. The van der Waals surface area contributed by atoms with Gasteiger partial charge in [-0.2, -0.15) is 5.26 Å². The Morgan fingerprint density at radius 2 is 2.24 bits per heavy atom. The van der Waals surface area contributed by atoms with Crippen LogP contribution in [0.3, 0.4) is 0 Å². The van der Waals surface area contributed by atoms with Gasteiger partial charge < -0.3 is 0 Å². The monoisotopic (exact) mass is 232 g/mol. The minimum absolute atomic E-state index is 0.153. The zero-order chi connectivity index (χ0) is 12.5. The van der Waals surface area contributed by atoms with Crippen molar-refractivity contribution in [2.75, 3.05) is 6.54 Å². The summed E-state index contributed by atoms with van der Waals surface area (Å²) in [6.07, 6.45) is 2.33. The van der Waals surface area contributed by atoms with Gasteiger partial charge in [-0.25, -0.2) is 4.39 Å². The van der Waals surface area contributed by atoms with Gasteiger partial charge in [0.2, 0.25) is 0 Å². The van der Waals surface area contributed by atoms with Crippen LogP contribution in [0.15, 0.2) is 18.2 Å². The molecule has 90 valence electrons. The predicted octanol–water partition coefficient (Wildman–Crippen LogP) is 3.07. The van der Waals surface area contributed by atoms with Crippen LogP contribution >= 0.6 is 0 Å². The van der Waals surface area contributed by atoms with Gasteiger partial charge in [0, 0.05) is 17.6 Å². The molecule has 0 aliphatic carbocycles. The zero-order valence-corrected chi connectivity index (χ0v) is 10.3. The minimum atomic E-state index is -0.272. The number of likely N-dealkylation sites (tertiary alicyclic amines) is 1. The van der Waals surface area contributed by atoms with Gasteiger partial charge in [-0.1, -0.05) is 6.07 Å². The Morgan fingerprint density at radius 1 is 1.47 bits per heavy atom. The molecule has 1 aliphatic heterocycles. The lowest BCUT2D eigenvalue weighted by molar-refractivity contribution is 0.164. The SMILES string of the molecule is CC1(C)CCCN1Cc1ccc(C#N)cc1F. The summed E-state index contributed by atoms with van der Waals surface area (Å²) in [7, 11) is 0. The lowest BCUT2D eigenvalue weighted by Gasteiger charge is -2.31. The summed E-state index contributed by atoms with van der Waals surface area (Å²) >= 11 is 0. The Balaban J connectivity index is 2.17. The molecular weight excluding hydrogens is 215 g/mol. The highest BCUT2D eigenvalue weighted by atomic mass is 19.1. The van der Waals surface area contributed by atoms with E-state index in [-0.39, 0.29) is 11.4 Å². The van der Waals surface area contributed by atoms with Crippen LogP contribution in [-0.2, 0) is 6.54 Å².